The molecule has 1 heterocycles. The summed E-state index contributed by atoms with van der Waals surface area (Å²) in [6.45, 7) is 0.875. The van der Waals surface area contributed by atoms with Crippen LogP contribution in [0.15, 0.2) is 27.6 Å². The van der Waals surface area contributed by atoms with Crippen molar-refractivity contribution in [2.75, 3.05) is 19.4 Å². The number of hydrogen-bond acceptors (Lipinski definition) is 5. The first kappa shape index (κ1) is 14.7. The summed E-state index contributed by atoms with van der Waals surface area (Å²) in [5, 5.41) is 0. The largest absolute Gasteiger partial charge is 0.468 e. The molecule has 0 saturated carbocycles. The number of nitrogens with zero attached hydrogens (tertiary/aromatic N) is 1. The van der Waals surface area contributed by atoms with Gasteiger partial charge in [0, 0.05) is 21.6 Å². The number of esters is 1. The Morgan fingerprint density at radius 1 is 1.53 bits per heavy atom. The highest BCUT2D eigenvalue weighted by Crippen LogP contribution is 2.34. The van der Waals surface area contributed by atoms with Crippen LogP contribution in [0.3, 0.4) is 0 Å². The minimum absolute atomic E-state index is 0.164. The Labute approximate surface area is 125 Å². The highest BCUT2D eigenvalue weighted by atomic mass is 79.9. The minimum Gasteiger partial charge on any atom is -0.468 e. The molecule has 6 heteroatoms. The van der Waals surface area contributed by atoms with Gasteiger partial charge >= 0.3 is 5.97 Å². The van der Waals surface area contributed by atoms with Crippen LogP contribution < -0.4 is 5.73 Å². The molecular formula is C13H17BrN2O2S. The van der Waals surface area contributed by atoms with Gasteiger partial charge in [0.05, 0.1) is 7.11 Å². The first-order valence-corrected chi connectivity index (χ1v) is 7.76. The highest BCUT2D eigenvalue weighted by Gasteiger charge is 2.30. The average Bonchev–Trinajstić information content (AvgIpc) is 2.41. The Morgan fingerprint density at radius 3 is 3.00 bits per heavy atom. The molecule has 19 heavy (non-hydrogen) atoms. The molecule has 2 rings (SSSR count). The first-order chi connectivity index (χ1) is 9.11. The fourth-order valence-corrected chi connectivity index (χ4v) is 3.58. The van der Waals surface area contributed by atoms with Crippen molar-refractivity contribution in [1.82, 2.24) is 4.31 Å². The van der Waals surface area contributed by atoms with Gasteiger partial charge in [-0.05, 0) is 49.4 Å². The summed E-state index contributed by atoms with van der Waals surface area (Å²) in [4.78, 5) is 12.8. The van der Waals surface area contributed by atoms with Crippen molar-refractivity contribution in [3.8, 4) is 0 Å². The maximum atomic E-state index is 11.8. The molecule has 0 spiro atoms. The van der Waals surface area contributed by atoms with Crippen LogP contribution in [0.25, 0.3) is 0 Å². The summed E-state index contributed by atoms with van der Waals surface area (Å²) in [6.07, 6.45) is 3.00. The minimum atomic E-state index is -0.174. The third-order valence-corrected chi connectivity index (χ3v) is 4.85. The Balaban J connectivity index is 2.13. The van der Waals surface area contributed by atoms with Crippen LogP contribution >= 0.6 is 27.9 Å². The smallest absolute Gasteiger partial charge is 0.323 e. The van der Waals surface area contributed by atoms with Crippen LogP contribution in [0.1, 0.15) is 19.3 Å². The van der Waals surface area contributed by atoms with Gasteiger partial charge in [-0.2, -0.15) is 0 Å². The summed E-state index contributed by atoms with van der Waals surface area (Å²) in [6, 6.07) is 5.62. The van der Waals surface area contributed by atoms with Gasteiger partial charge in [-0.25, -0.2) is 4.31 Å². The number of carbonyl (C=O) groups excluding carboxylic acids is 1. The van der Waals surface area contributed by atoms with Crippen molar-refractivity contribution in [1.29, 1.82) is 0 Å². The molecule has 0 aliphatic carbocycles. The lowest BCUT2D eigenvalue weighted by molar-refractivity contribution is -0.145. The third kappa shape index (κ3) is 3.64. The van der Waals surface area contributed by atoms with Gasteiger partial charge in [-0.3, -0.25) is 4.79 Å². The van der Waals surface area contributed by atoms with Crippen LogP contribution in [0, 0.1) is 0 Å². The number of benzene rings is 1. The number of methoxy groups -OCH3 is 1. The van der Waals surface area contributed by atoms with E-state index in [1.165, 1.54) is 19.1 Å². The van der Waals surface area contributed by atoms with Crippen molar-refractivity contribution < 1.29 is 9.53 Å². The van der Waals surface area contributed by atoms with Crippen LogP contribution in [0.4, 0.5) is 5.69 Å². The first-order valence-electron chi connectivity index (χ1n) is 6.19. The number of rotatable bonds is 3. The van der Waals surface area contributed by atoms with Crippen molar-refractivity contribution in [3.63, 3.8) is 0 Å². The molecule has 1 saturated heterocycles. The van der Waals surface area contributed by atoms with Crippen LogP contribution in [-0.4, -0.2) is 30.0 Å². The predicted octanol–water partition coefficient (Wildman–Crippen LogP) is 3.07. The second-order valence-electron chi connectivity index (χ2n) is 4.45. The topological polar surface area (TPSA) is 55.6 Å². The summed E-state index contributed by atoms with van der Waals surface area (Å²) in [5.41, 5.74) is 6.72. The quantitative estimate of drug-likeness (QED) is 0.518. The maximum Gasteiger partial charge on any atom is 0.323 e. The second-order valence-corrected chi connectivity index (χ2v) is 6.46. The van der Waals surface area contributed by atoms with Gasteiger partial charge in [0.2, 0.25) is 0 Å². The zero-order chi connectivity index (χ0) is 13.8. The van der Waals surface area contributed by atoms with Crippen molar-refractivity contribution in [2.45, 2.75) is 30.2 Å². The van der Waals surface area contributed by atoms with E-state index in [0.717, 1.165) is 35.2 Å². The number of nitrogens with two attached hydrogens (primary N) is 1. The number of halogens is 1. The lowest BCUT2D eigenvalue weighted by Gasteiger charge is -2.32. The standard InChI is InChI=1S/C13H17BrN2O2S/c1-18-13(17)11-4-2-3-7-16(11)19-12-6-5-9(14)8-10(12)15/h5-6,8,11H,2-4,7,15H2,1H3. The van der Waals surface area contributed by atoms with Crippen LogP contribution in [0.2, 0.25) is 0 Å². The van der Waals surface area contributed by atoms with E-state index in [-0.39, 0.29) is 12.0 Å². The molecule has 0 radical (unpaired) electrons. The van der Waals surface area contributed by atoms with Gasteiger partial charge in [-0.1, -0.05) is 15.9 Å². The summed E-state index contributed by atoms with van der Waals surface area (Å²) in [5.74, 6) is -0.164. The Bertz CT molecular complexity index is 470. The molecule has 2 N–H and O–H groups in total. The molecule has 104 valence electrons. The average molecular weight is 345 g/mol. The van der Waals surface area contributed by atoms with Crippen molar-refractivity contribution in [2.24, 2.45) is 0 Å². The van der Waals surface area contributed by atoms with E-state index in [1.54, 1.807) is 0 Å². The third-order valence-electron chi connectivity index (χ3n) is 3.11. The van der Waals surface area contributed by atoms with E-state index in [9.17, 15) is 4.79 Å². The zero-order valence-corrected chi connectivity index (χ0v) is 13.2. The summed E-state index contributed by atoms with van der Waals surface area (Å²) in [7, 11) is 1.44. The molecule has 1 atom stereocenters. The van der Waals surface area contributed by atoms with E-state index in [0.29, 0.717) is 5.69 Å². The van der Waals surface area contributed by atoms with Crippen molar-refractivity contribution in [3.05, 3.63) is 22.7 Å². The summed E-state index contributed by atoms with van der Waals surface area (Å²) >= 11 is 4.93. The maximum absolute atomic E-state index is 11.8. The Morgan fingerprint density at radius 2 is 2.32 bits per heavy atom. The van der Waals surface area contributed by atoms with Crippen LogP contribution in [-0.2, 0) is 9.53 Å². The number of piperidine rings is 1. The molecule has 1 aliphatic heterocycles. The van der Waals surface area contributed by atoms with Crippen molar-refractivity contribution >= 4 is 39.5 Å². The van der Waals surface area contributed by atoms with Gasteiger partial charge in [0.1, 0.15) is 6.04 Å². The van der Waals surface area contributed by atoms with E-state index in [2.05, 4.69) is 20.2 Å². The molecule has 1 fully saturated rings. The number of anilines is 1. The van der Waals surface area contributed by atoms with E-state index < -0.39 is 0 Å². The molecule has 1 aliphatic rings. The fraction of sp³-hybridized carbons (Fsp3) is 0.462. The van der Waals surface area contributed by atoms with E-state index >= 15 is 0 Å². The molecule has 1 aromatic rings. The Kier molecular flexibility index (Phi) is 5.13. The van der Waals surface area contributed by atoms with Gasteiger partial charge in [-0.15, -0.1) is 0 Å². The normalized spacial score (nSPS) is 20.2. The molecule has 0 amide bonds. The molecule has 0 bridgehead atoms. The lowest BCUT2D eigenvalue weighted by atomic mass is 10.1. The molecule has 1 unspecified atom stereocenters. The molecule has 1 aromatic carbocycles. The lowest BCUT2D eigenvalue weighted by Crippen LogP contribution is -2.41. The molecule has 0 aromatic heterocycles. The Hall–Kier alpha value is -0.720. The van der Waals surface area contributed by atoms with Crippen LogP contribution in [0.5, 0.6) is 0 Å². The number of ether oxygens (including phenoxy) is 1. The molecule has 4 nitrogen and oxygen atoms in total. The van der Waals surface area contributed by atoms with E-state index in [1.807, 2.05) is 18.2 Å². The number of nitrogen functional groups attached to an aromatic ring is 1. The van der Waals surface area contributed by atoms with Gasteiger partial charge < -0.3 is 10.5 Å². The van der Waals surface area contributed by atoms with Gasteiger partial charge in [0.15, 0.2) is 0 Å². The number of hydrogen-bond donors (Lipinski definition) is 1. The fourth-order valence-electron chi connectivity index (χ4n) is 2.11. The number of carbonyl (C=O) groups is 1. The zero-order valence-electron chi connectivity index (χ0n) is 10.8. The second kappa shape index (κ2) is 6.63. The van der Waals surface area contributed by atoms with E-state index in [4.69, 9.17) is 10.5 Å². The van der Waals surface area contributed by atoms with Gasteiger partial charge in [0.25, 0.3) is 0 Å². The SMILES string of the molecule is COC(=O)C1CCCCN1Sc1ccc(Br)cc1N. The molecular weight excluding hydrogens is 328 g/mol. The highest BCUT2D eigenvalue weighted by molar-refractivity contribution is 9.10. The predicted molar refractivity (Wildman–Crippen MR) is 80.8 cm³/mol. The monoisotopic (exact) mass is 344 g/mol. The summed E-state index contributed by atoms with van der Waals surface area (Å²) < 4.78 is 7.91.